The molecule has 3 rings (SSSR count). The highest BCUT2D eigenvalue weighted by atomic mass is 19.4. The first kappa shape index (κ1) is 14.2. The topological polar surface area (TPSA) is 27.1 Å². The third-order valence-corrected chi connectivity index (χ3v) is 2.99. The van der Waals surface area contributed by atoms with Gasteiger partial charge in [0.1, 0.15) is 5.75 Å². The lowest BCUT2D eigenvalue weighted by atomic mass is 10.2. The van der Waals surface area contributed by atoms with Crippen molar-refractivity contribution in [1.82, 2.24) is 9.78 Å². The summed E-state index contributed by atoms with van der Waals surface area (Å²) in [6.45, 7) is 0. The van der Waals surface area contributed by atoms with Crippen LogP contribution < -0.4 is 4.74 Å². The zero-order valence-electron chi connectivity index (χ0n) is 11.3. The lowest BCUT2D eigenvalue weighted by Gasteiger charge is -2.09. The molecule has 1 aromatic heterocycles. The van der Waals surface area contributed by atoms with Gasteiger partial charge in [0.05, 0.1) is 11.4 Å². The van der Waals surface area contributed by atoms with Crippen LogP contribution in [0.2, 0.25) is 0 Å². The summed E-state index contributed by atoms with van der Waals surface area (Å²) < 4.78 is 41.8. The molecule has 0 aliphatic rings. The second kappa shape index (κ2) is 5.55. The zero-order chi connectivity index (χ0) is 15.6. The van der Waals surface area contributed by atoms with Gasteiger partial charge in [0.15, 0.2) is 0 Å². The second-order valence-electron chi connectivity index (χ2n) is 4.55. The molecule has 0 aliphatic carbocycles. The molecule has 2 aromatic carbocycles. The average Bonchev–Trinajstić information content (AvgIpc) is 2.97. The molecule has 112 valence electrons. The van der Waals surface area contributed by atoms with Crippen LogP contribution in [-0.4, -0.2) is 16.1 Å². The summed E-state index contributed by atoms with van der Waals surface area (Å²) in [6.07, 6.45) is -2.93. The maximum Gasteiger partial charge on any atom is 0.573 e. The monoisotopic (exact) mass is 304 g/mol. The number of ether oxygens (including phenoxy) is 1. The highest BCUT2D eigenvalue weighted by molar-refractivity contribution is 5.58. The van der Waals surface area contributed by atoms with Crippen LogP contribution in [0.25, 0.3) is 16.9 Å². The van der Waals surface area contributed by atoms with Gasteiger partial charge in [-0.2, -0.15) is 5.10 Å². The van der Waals surface area contributed by atoms with E-state index in [1.54, 1.807) is 10.9 Å². The fourth-order valence-corrected chi connectivity index (χ4v) is 2.03. The Morgan fingerprint density at radius 2 is 1.55 bits per heavy atom. The summed E-state index contributed by atoms with van der Waals surface area (Å²) in [4.78, 5) is 0. The lowest BCUT2D eigenvalue weighted by Crippen LogP contribution is -2.17. The molecular formula is C16H11F3N2O. The first-order chi connectivity index (χ1) is 10.5. The Labute approximate surface area is 124 Å². The number of alkyl halides is 3. The van der Waals surface area contributed by atoms with Crippen molar-refractivity contribution in [2.75, 3.05) is 0 Å². The minimum atomic E-state index is -4.69. The highest BCUT2D eigenvalue weighted by Crippen LogP contribution is 2.24. The Kier molecular flexibility index (Phi) is 3.58. The molecule has 6 heteroatoms. The van der Waals surface area contributed by atoms with Crippen molar-refractivity contribution in [2.45, 2.75) is 6.36 Å². The summed E-state index contributed by atoms with van der Waals surface area (Å²) in [5.74, 6) is -0.258. The Balaban J connectivity index is 1.82. The standard InChI is InChI=1S/C16H11F3N2O/c17-16(18,19)22-14-8-6-13(7-9-14)21-11-10-15(20-21)12-4-2-1-3-5-12/h1-11H. The number of aromatic nitrogens is 2. The molecule has 3 nitrogen and oxygen atoms in total. The Morgan fingerprint density at radius 3 is 2.18 bits per heavy atom. The quantitative estimate of drug-likeness (QED) is 0.715. The predicted octanol–water partition coefficient (Wildman–Crippen LogP) is 4.44. The van der Waals surface area contributed by atoms with E-state index in [1.807, 2.05) is 36.4 Å². The molecule has 0 aliphatic heterocycles. The van der Waals surface area contributed by atoms with Gasteiger partial charge >= 0.3 is 6.36 Å². The summed E-state index contributed by atoms with van der Waals surface area (Å²) >= 11 is 0. The number of nitrogens with zero attached hydrogens (tertiary/aromatic N) is 2. The fourth-order valence-electron chi connectivity index (χ4n) is 2.03. The first-order valence-electron chi connectivity index (χ1n) is 6.48. The summed E-state index contributed by atoms with van der Waals surface area (Å²) in [5, 5.41) is 4.41. The predicted molar refractivity (Wildman–Crippen MR) is 75.7 cm³/mol. The summed E-state index contributed by atoms with van der Waals surface area (Å²) in [6, 6.07) is 17.0. The molecule has 0 amide bonds. The number of rotatable bonds is 3. The van der Waals surface area contributed by atoms with Crippen molar-refractivity contribution in [3.63, 3.8) is 0 Å². The first-order valence-corrected chi connectivity index (χ1v) is 6.48. The smallest absolute Gasteiger partial charge is 0.406 e. The van der Waals surface area contributed by atoms with Crippen molar-refractivity contribution in [2.24, 2.45) is 0 Å². The van der Waals surface area contributed by atoms with Gasteiger partial charge in [-0.3, -0.25) is 0 Å². The van der Waals surface area contributed by atoms with Gasteiger partial charge in [-0.15, -0.1) is 13.2 Å². The van der Waals surface area contributed by atoms with Gasteiger partial charge < -0.3 is 4.74 Å². The highest BCUT2D eigenvalue weighted by Gasteiger charge is 2.30. The maximum absolute atomic E-state index is 12.1. The Hall–Kier alpha value is -2.76. The molecule has 22 heavy (non-hydrogen) atoms. The second-order valence-corrected chi connectivity index (χ2v) is 4.55. The van der Waals surface area contributed by atoms with Crippen LogP contribution >= 0.6 is 0 Å². The van der Waals surface area contributed by atoms with Crippen molar-refractivity contribution in [1.29, 1.82) is 0 Å². The van der Waals surface area contributed by atoms with Crippen LogP contribution in [0.4, 0.5) is 13.2 Å². The molecule has 0 unspecified atom stereocenters. The van der Waals surface area contributed by atoms with Crippen LogP contribution in [0.5, 0.6) is 5.75 Å². The van der Waals surface area contributed by atoms with E-state index in [0.717, 1.165) is 11.3 Å². The van der Waals surface area contributed by atoms with E-state index in [1.165, 1.54) is 24.3 Å². The van der Waals surface area contributed by atoms with Gasteiger partial charge in [0.2, 0.25) is 0 Å². The number of hydrogen-bond donors (Lipinski definition) is 0. The molecule has 0 saturated carbocycles. The molecule has 0 saturated heterocycles. The molecule has 0 bridgehead atoms. The molecule has 0 atom stereocenters. The van der Waals surface area contributed by atoms with Gasteiger partial charge in [0, 0.05) is 11.8 Å². The normalized spacial score (nSPS) is 11.4. The molecule has 1 heterocycles. The molecule has 0 radical (unpaired) electrons. The minimum absolute atomic E-state index is 0.258. The van der Waals surface area contributed by atoms with Crippen LogP contribution in [0.15, 0.2) is 66.9 Å². The van der Waals surface area contributed by atoms with Crippen molar-refractivity contribution < 1.29 is 17.9 Å². The van der Waals surface area contributed by atoms with E-state index in [0.29, 0.717) is 5.69 Å². The summed E-state index contributed by atoms with van der Waals surface area (Å²) in [5.41, 5.74) is 2.41. The van der Waals surface area contributed by atoms with Crippen LogP contribution in [0, 0.1) is 0 Å². The van der Waals surface area contributed by atoms with E-state index in [4.69, 9.17) is 0 Å². The molecular weight excluding hydrogens is 293 g/mol. The van der Waals surface area contributed by atoms with E-state index in [-0.39, 0.29) is 5.75 Å². The van der Waals surface area contributed by atoms with E-state index in [2.05, 4.69) is 9.84 Å². The average molecular weight is 304 g/mol. The SMILES string of the molecule is FC(F)(F)Oc1ccc(-n2ccc(-c3ccccc3)n2)cc1. The molecule has 0 spiro atoms. The molecule has 3 aromatic rings. The maximum atomic E-state index is 12.1. The Bertz CT molecular complexity index is 749. The molecule has 0 N–H and O–H groups in total. The number of hydrogen-bond acceptors (Lipinski definition) is 2. The van der Waals surface area contributed by atoms with Crippen LogP contribution in [-0.2, 0) is 0 Å². The minimum Gasteiger partial charge on any atom is -0.406 e. The third kappa shape index (κ3) is 3.28. The Morgan fingerprint density at radius 1 is 0.864 bits per heavy atom. The molecule has 0 fully saturated rings. The lowest BCUT2D eigenvalue weighted by molar-refractivity contribution is -0.274. The van der Waals surface area contributed by atoms with Crippen molar-refractivity contribution in [3.05, 3.63) is 66.9 Å². The van der Waals surface area contributed by atoms with Crippen LogP contribution in [0.3, 0.4) is 0 Å². The fraction of sp³-hybridized carbons (Fsp3) is 0.0625. The zero-order valence-corrected chi connectivity index (χ0v) is 11.3. The third-order valence-electron chi connectivity index (χ3n) is 2.99. The van der Waals surface area contributed by atoms with Crippen molar-refractivity contribution >= 4 is 0 Å². The van der Waals surface area contributed by atoms with E-state index in [9.17, 15) is 13.2 Å². The number of halogens is 3. The largest absolute Gasteiger partial charge is 0.573 e. The van der Waals surface area contributed by atoms with E-state index >= 15 is 0 Å². The van der Waals surface area contributed by atoms with Crippen molar-refractivity contribution in [3.8, 4) is 22.7 Å². The van der Waals surface area contributed by atoms with Gasteiger partial charge in [-0.1, -0.05) is 30.3 Å². The van der Waals surface area contributed by atoms with Crippen LogP contribution in [0.1, 0.15) is 0 Å². The van der Waals surface area contributed by atoms with Gasteiger partial charge in [-0.25, -0.2) is 4.68 Å². The number of benzene rings is 2. The van der Waals surface area contributed by atoms with Gasteiger partial charge in [-0.05, 0) is 30.3 Å². The summed E-state index contributed by atoms with van der Waals surface area (Å²) in [7, 11) is 0. The van der Waals surface area contributed by atoms with E-state index < -0.39 is 6.36 Å². The van der Waals surface area contributed by atoms with Gasteiger partial charge in [0.25, 0.3) is 0 Å².